The van der Waals surface area contributed by atoms with Crippen molar-refractivity contribution >= 4 is 38.5 Å². The molecular formula is C14H12BrN3O. The SMILES string of the molecule is Cc1nc2cc(Nc3cc(C)c(Br)cn3)ccc2o1. The zero-order valence-electron chi connectivity index (χ0n) is 10.6. The lowest BCUT2D eigenvalue weighted by Crippen LogP contribution is -1.94. The van der Waals surface area contributed by atoms with Gasteiger partial charge in [0.15, 0.2) is 11.5 Å². The third-order valence-corrected chi connectivity index (χ3v) is 3.64. The molecule has 0 unspecified atom stereocenters. The highest BCUT2D eigenvalue weighted by molar-refractivity contribution is 9.10. The highest BCUT2D eigenvalue weighted by atomic mass is 79.9. The first-order valence-corrected chi connectivity index (χ1v) is 6.67. The average molecular weight is 318 g/mol. The van der Waals surface area contributed by atoms with Crippen LogP contribution in [0.2, 0.25) is 0 Å². The lowest BCUT2D eigenvalue weighted by molar-refractivity contribution is 0.561. The predicted octanol–water partition coefficient (Wildman–Crippen LogP) is 4.35. The zero-order valence-corrected chi connectivity index (χ0v) is 12.2. The molecule has 0 atom stereocenters. The molecule has 96 valence electrons. The quantitative estimate of drug-likeness (QED) is 0.763. The highest BCUT2D eigenvalue weighted by Gasteiger charge is 2.04. The molecule has 2 heterocycles. The van der Waals surface area contributed by atoms with Crippen molar-refractivity contribution in [1.29, 1.82) is 0 Å². The summed E-state index contributed by atoms with van der Waals surface area (Å²) in [6.07, 6.45) is 1.79. The number of rotatable bonds is 2. The summed E-state index contributed by atoms with van der Waals surface area (Å²) >= 11 is 3.44. The number of aromatic nitrogens is 2. The molecule has 0 aliphatic rings. The molecule has 0 saturated heterocycles. The Bertz CT molecular complexity index is 752. The van der Waals surface area contributed by atoms with Crippen LogP contribution in [0.4, 0.5) is 11.5 Å². The minimum atomic E-state index is 0.671. The van der Waals surface area contributed by atoms with Crippen molar-refractivity contribution in [3.05, 3.63) is 46.4 Å². The lowest BCUT2D eigenvalue weighted by Gasteiger charge is -2.06. The molecule has 0 aliphatic carbocycles. The van der Waals surface area contributed by atoms with E-state index < -0.39 is 0 Å². The molecule has 1 N–H and O–H groups in total. The summed E-state index contributed by atoms with van der Waals surface area (Å²) in [6, 6.07) is 7.79. The number of hydrogen-bond donors (Lipinski definition) is 1. The second-order valence-electron chi connectivity index (χ2n) is 4.36. The smallest absolute Gasteiger partial charge is 0.192 e. The minimum absolute atomic E-state index is 0.671. The molecule has 2 aromatic heterocycles. The van der Waals surface area contributed by atoms with Crippen LogP contribution in [0.15, 0.2) is 39.4 Å². The first-order chi connectivity index (χ1) is 9.11. The van der Waals surface area contributed by atoms with Gasteiger partial charge in [0.1, 0.15) is 11.3 Å². The maximum absolute atomic E-state index is 5.45. The zero-order chi connectivity index (χ0) is 13.4. The van der Waals surface area contributed by atoms with Gasteiger partial charge in [0.2, 0.25) is 0 Å². The monoisotopic (exact) mass is 317 g/mol. The standard InChI is InChI=1S/C14H12BrN3O/c1-8-5-14(16-7-11(8)15)18-10-3-4-13-12(6-10)17-9(2)19-13/h3-7H,1-2H3,(H,16,18). The van der Waals surface area contributed by atoms with E-state index in [1.807, 2.05) is 38.1 Å². The molecule has 1 aromatic carbocycles. The van der Waals surface area contributed by atoms with Gasteiger partial charge in [-0.05, 0) is 52.7 Å². The van der Waals surface area contributed by atoms with Crippen LogP contribution in [-0.2, 0) is 0 Å². The number of aryl methyl sites for hydroxylation is 2. The van der Waals surface area contributed by atoms with E-state index in [0.717, 1.165) is 32.6 Å². The number of nitrogens with zero attached hydrogens (tertiary/aromatic N) is 2. The van der Waals surface area contributed by atoms with E-state index in [0.29, 0.717) is 5.89 Å². The van der Waals surface area contributed by atoms with Gasteiger partial charge in [0.25, 0.3) is 0 Å². The Morgan fingerprint density at radius 3 is 2.84 bits per heavy atom. The Balaban J connectivity index is 1.93. The lowest BCUT2D eigenvalue weighted by atomic mass is 10.2. The molecule has 5 heteroatoms. The molecule has 0 amide bonds. The van der Waals surface area contributed by atoms with Crippen LogP contribution in [0.25, 0.3) is 11.1 Å². The topological polar surface area (TPSA) is 51.0 Å². The van der Waals surface area contributed by atoms with E-state index in [1.165, 1.54) is 0 Å². The van der Waals surface area contributed by atoms with E-state index in [2.05, 4.69) is 31.2 Å². The van der Waals surface area contributed by atoms with Crippen LogP contribution >= 0.6 is 15.9 Å². The number of anilines is 2. The average Bonchev–Trinajstić information content (AvgIpc) is 2.73. The maximum Gasteiger partial charge on any atom is 0.192 e. The molecule has 0 saturated carbocycles. The molecule has 4 nitrogen and oxygen atoms in total. The summed E-state index contributed by atoms with van der Waals surface area (Å²) in [5.74, 6) is 1.48. The van der Waals surface area contributed by atoms with E-state index in [4.69, 9.17) is 4.42 Å². The fourth-order valence-corrected chi connectivity index (χ4v) is 2.09. The normalized spacial score (nSPS) is 10.9. The van der Waals surface area contributed by atoms with Gasteiger partial charge >= 0.3 is 0 Å². The first kappa shape index (κ1) is 12.2. The van der Waals surface area contributed by atoms with Gasteiger partial charge in [-0.25, -0.2) is 9.97 Å². The van der Waals surface area contributed by atoms with Crippen molar-refractivity contribution in [3.8, 4) is 0 Å². The van der Waals surface area contributed by atoms with Crippen molar-refractivity contribution in [2.75, 3.05) is 5.32 Å². The summed E-state index contributed by atoms with van der Waals surface area (Å²) in [4.78, 5) is 8.63. The number of nitrogens with one attached hydrogen (secondary N) is 1. The van der Waals surface area contributed by atoms with E-state index in [9.17, 15) is 0 Å². The summed E-state index contributed by atoms with van der Waals surface area (Å²) in [6.45, 7) is 3.87. The van der Waals surface area contributed by atoms with Gasteiger partial charge in [0.05, 0.1) is 0 Å². The van der Waals surface area contributed by atoms with Crippen LogP contribution in [-0.4, -0.2) is 9.97 Å². The predicted molar refractivity (Wildman–Crippen MR) is 78.7 cm³/mol. The third-order valence-electron chi connectivity index (χ3n) is 2.81. The third kappa shape index (κ3) is 2.46. The first-order valence-electron chi connectivity index (χ1n) is 5.88. The fraction of sp³-hybridized carbons (Fsp3) is 0.143. The molecular weight excluding hydrogens is 306 g/mol. The van der Waals surface area contributed by atoms with E-state index >= 15 is 0 Å². The van der Waals surface area contributed by atoms with Gasteiger partial charge in [-0.3, -0.25) is 0 Å². The summed E-state index contributed by atoms with van der Waals surface area (Å²) in [5.41, 5.74) is 3.71. The second-order valence-corrected chi connectivity index (χ2v) is 5.21. The van der Waals surface area contributed by atoms with Crippen LogP contribution in [0.1, 0.15) is 11.5 Å². The molecule has 0 fully saturated rings. The molecule has 0 bridgehead atoms. The molecule has 3 aromatic rings. The highest BCUT2D eigenvalue weighted by Crippen LogP contribution is 2.23. The van der Waals surface area contributed by atoms with Crippen molar-refractivity contribution in [2.45, 2.75) is 13.8 Å². The Labute approximate surface area is 119 Å². The van der Waals surface area contributed by atoms with Gasteiger partial charge in [-0.1, -0.05) is 0 Å². The molecule has 0 radical (unpaired) electrons. The Morgan fingerprint density at radius 2 is 2.05 bits per heavy atom. The van der Waals surface area contributed by atoms with Crippen molar-refractivity contribution in [1.82, 2.24) is 9.97 Å². The number of halogens is 1. The summed E-state index contributed by atoms with van der Waals surface area (Å²) in [5, 5.41) is 3.26. The van der Waals surface area contributed by atoms with Gasteiger partial charge in [-0.2, -0.15) is 0 Å². The van der Waals surface area contributed by atoms with Crippen molar-refractivity contribution in [3.63, 3.8) is 0 Å². The fourth-order valence-electron chi connectivity index (χ4n) is 1.88. The molecule has 3 rings (SSSR count). The summed E-state index contributed by atoms with van der Waals surface area (Å²) < 4.78 is 6.45. The van der Waals surface area contributed by atoms with Crippen LogP contribution < -0.4 is 5.32 Å². The number of pyridine rings is 1. The van der Waals surface area contributed by atoms with Crippen molar-refractivity contribution in [2.24, 2.45) is 0 Å². The van der Waals surface area contributed by atoms with Crippen molar-refractivity contribution < 1.29 is 4.42 Å². The van der Waals surface area contributed by atoms with Gasteiger partial charge < -0.3 is 9.73 Å². The number of fused-ring (bicyclic) bond motifs is 1. The van der Waals surface area contributed by atoms with Crippen LogP contribution in [0.3, 0.4) is 0 Å². The Kier molecular flexibility index (Phi) is 2.98. The Morgan fingerprint density at radius 1 is 1.21 bits per heavy atom. The maximum atomic E-state index is 5.45. The largest absolute Gasteiger partial charge is 0.441 e. The number of benzene rings is 1. The Hall–Kier alpha value is -1.88. The molecule has 19 heavy (non-hydrogen) atoms. The molecule has 0 aliphatic heterocycles. The van der Waals surface area contributed by atoms with E-state index in [-0.39, 0.29) is 0 Å². The second kappa shape index (κ2) is 4.66. The van der Waals surface area contributed by atoms with Crippen LogP contribution in [0.5, 0.6) is 0 Å². The number of oxazole rings is 1. The van der Waals surface area contributed by atoms with Gasteiger partial charge in [-0.15, -0.1) is 0 Å². The van der Waals surface area contributed by atoms with Crippen LogP contribution in [0, 0.1) is 13.8 Å². The van der Waals surface area contributed by atoms with E-state index in [1.54, 1.807) is 6.20 Å². The number of hydrogen-bond acceptors (Lipinski definition) is 4. The minimum Gasteiger partial charge on any atom is -0.441 e. The molecule has 0 spiro atoms. The van der Waals surface area contributed by atoms with Gasteiger partial charge in [0, 0.05) is 23.3 Å². The summed E-state index contributed by atoms with van der Waals surface area (Å²) in [7, 11) is 0.